The van der Waals surface area contributed by atoms with Crippen LogP contribution >= 0.6 is 47.8 Å². The maximum Gasteiger partial charge on any atom is 0.244 e. The lowest BCUT2D eigenvalue weighted by Crippen LogP contribution is -2.46. The van der Waals surface area contributed by atoms with Crippen molar-refractivity contribution in [3.63, 3.8) is 0 Å². The van der Waals surface area contributed by atoms with Gasteiger partial charge in [0, 0.05) is 0 Å². The Morgan fingerprint density at radius 2 is 0.875 bits per heavy atom. The SMILES string of the molecule is BrC1=NC2=NC(Br)=NC3=NC(Br)=NC(=N1)N23. The van der Waals surface area contributed by atoms with Gasteiger partial charge in [0.2, 0.25) is 32.1 Å². The van der Waals surface area contributed by atoms with Gasteiger partial charge in [0.1, 0.15) is 0 Å². The second kappa shape index (κ2) is 3.64. The van der Waals surface area contributed by atoms with E-state index in [1.54, 1.807) is 4.90 Å². The third-order valence-corrected chi connectivity index (χ3v) is 2.82. The largest absolute Gasteiger partial charge is 0.244 e. The number of nitrogens with zero attached hydrogens (tertiary/aromatic N) is 7. The Labute approximate surface area is 114 Å². The molecule has 3 aliphatic rings. The first-order valence-corrected chi connectivity index (χ1v) is 6.30. The van der Waals surface area contributed by atoms with Crippen LogP contribution < -0.4 is 0 Å². The van der Waals surface area contributed by atoms with Gasteiger partial charge in [0.25, 0.3) is 0 Å². The predicted molar refractivity (Wildman–Crippen MR) is 73.2 cm³/mol. The minimum Gasteiger partial charge on any atom is -0.213 e. The standard InChI is InChI=1S/C6Br3N7/c7-1-10-4-12-2(8)14-6-15-3(9)13-5(11-1)16(4)6. The molecule has 0 aliphatic carbocycles. The van der Waals surface area contributed by atoms with Crippen molar-refractivity contribution in [1.82, 2.24) is 4.90 Å². The first kappa shape index (κ1) is 10.4. The molecule has 0 saturated carbocycles. The van der Waals surface area contributed by atoms with Gasteiger partial charge in [-0.05, 0) is 47.8 Å². The van der Waals surface area contributed by atoms with Crippen LogP contribution in [0.1, 0.15) is 0 Å². The summed E-state index contributed by atoms with van der Waals surface area (Å²) in [6, 6.07) is 0. The number of amidine groups is 3. The van der Waals surface area contributed by atoms with Crippen LogP contribution in [0.2, 0.25) is 0 Å². The normalized spacial score (nSPS) is 22.3. The molecule has 0 saturated heterocycles. The summed E-state index contributed by atoms with van der Waals surface area (Å²) >= 11 is 9.57. The van der Waals surface area contributed by atoms with Gasteiger partial charge in [0.15, 0.2) is 0 Å². The molecule has 0 aromatic heterocycles. The lowest BCUT2D eigenvalue weighted by molar-refractivity contribution is 0.834. The molecule has 0 amide bonds. The van der Waals surface area contributed by atoms with E-state index in [-0.39, 0.29) is 0 Å². The van der Waals surface area contributed by atoms with Crippen LogP contribution in [0.4, 0.5) is 0 Å². The maximum atomic E-state index is 4.11. The maximum absolute atomic E-state index is 4.11. The molecule has 16 heavy (non-hydrogen) atoms. The molecule has 0 bridgehead atoms. The Balaban J connectivity index is 2.24. The molecule has 3 aliphatic heterocycles. The van der Waals surface area contributed by atoms with Gasteiger partial charge in [-0.3, -0.25) is 0 Å². The monoisotopic (exact) mass is 407 g/mol. The summed E-state index contributed by atoms with van der Waals surface area (Å²) < 4.78 is 1.22. The Morgan fingerprint density at radius 3 is 1.19 bits per heavy atom. The van der Waals surface area contributed by atoms with Crippen molar-refractivity contribution in [3.8, 4) is 0 Å². The third-order valence-electron chi connectivity index (χ3n) is 1.75. The molecular weight excluding hydrogens is 410 g/mol. The van der Waals surface area contributed by atoms with Crippen LogP contribution in [0, 0.1) is 0 Å². The Morgan fingerprint density at radius 1 is 0.562 bits per heavy atom. The van der Waals surface area contributed by atoms with Gasteiger partial charge in [-0.25, -0.2) is 4.90 Å². The summed E-state index contributed by atoms with van der Waals surface area (Å²) in [5.74, 6) is 1.25. The summed E-state index contributed by atoms with van der Waals surface area (Å²) in [4.78, 5) is 26.2. The first-order chi connectivity index (χ1) is 7.63. The highest BCUT2D eigenvalue weighted by molar-refractivity contribution is 9.18. The Hall–Kier alpha value is -0.740. The van der Waals surface area contributed by atoms with Gasteiger partial charge in [-0.2, -0.15) is 30.0 Å². The highest BCUT2D eigenvalue weighted by Crippen LogP contribution is 2.20. The average molecular weight is 410 g/mol. The van der Waals surface area contributed by atoms with Crippen molar-refractivity contribution in [2.24, 2.45) is 30.0 Å². The summed E-state index contributed by atoms with van der Waals surface area (Å²) in [6.07, 6.45) is 0. The summed E-state index contributed by atoms with van der Waals surface area (Å²) in [6.45, 7) is 0. The number of guanidine groups is 3. The topological polar surface area (TPSA) is 77.4 Å². The van der Waals surface area contributed by atoms with E-state index >= 15 is 0 Å². The second-order valence-corrected chi connectivity index (χ2v) is 4.84. The summed E-state index contributed by atoms with van der Waals surface area (Å²) in [5, 5.41) is 0. The molecular formula is C6Br3N7. The van der Waals surface area contributed by atoms with E-state index in [1.807, 2.05) is 0 Å². The van der Waals surface area contributed by atoms with E-state index in [1.165, 1.54) is 0 Å². The molecule has 3 rings (SSSR count). The van der Waals surface area contributed by atoms with Crippen molar-refractivity contribution in [3.05, 3.63) is 0 Å². The molecule has 80 valence electrons. The number of halogens is 3. The van der Waals surface area contributed by atoms with Crippen molar-refractivity contribution in [2.45, 2.75) is 0 Å². The van der Waals surface area contributed by atoms with Gasteiger partial charge in [-0.1, -0.05) is 0 Å². The average Bonchev–Trinajstić information content (AvgIpc) is 2.14. The van der Waals surface area contributed by atoms with Crippen LogP contribution in [0.3, 0.4) is 0 Å². The number of hydrogen-bond acceptors (Lipinski definition) is 7. The molecule has 0 aromatic rings. The van der Waals surface area contributed by atoms with Crippen LogP contribution in [-0.2, 0) is 0 Å². The van der Waals surface area contributed by atoms with Gasteiger partial charge < -0.3 is 0 Å². The molecule has 0 spiro atoms. The van der Waals surface area contributed by atoms with E-state index in [2.05, 4.69) is 77.7 Å². The third kappa shape index (κ3) is 1.60. The van der Waals surface area contributed by atoms with Crippen molar-refractivity contribution < 1.29 is 0 Å². The molecule has 7 nitrogen and oxygen atoms in total. The fourth-order valence-electron chi connectivity index (χ4n) is 1.21. The Kier molecular flexibility index (Phi) is 2.37. The van der Waals surface area contributed by atoms with Crippen molar-refractivity contribution >= 4 is 79.9 Å². The van der Waals surface area contributed by atoms with Gasteiger partial charge in [0.05, 0.1) is 0 Å². The summed E-state index contributed by atoms with van der Waals surface area (Å²) in [5.41, 5.74) is 0. The van der Waals surface area contributed by atoms with E-state index in [4.69, 9.17) is 0 Å². The zero-order chi connectivity index (χ0) is 11.3. The van der Waals surface area contributed by atoms with E-state index < -0.39 is 0 Å². The molecule has 3 heterocycles. The molecule has 0 N–H and O–H groups in total. The quantitative estimate of drug-likeness (QED) is 0.560. The lowest BCUT2D eigenvalue weighted by atomic mass is 10.5. The molecule has 0 fully saturated rings. The van der Waals surface area contributed by atoms with Crippen LogP contribution in [0.25, 0.3) is 0 Å². The highest BCUT2D eigenvalue weighted by atomic mass is 79.9. The number of hydrogen-bond donors (Lipinski definition) is 0. The fourth-order valence-corrected chi connectivity index (χ4v) is 2.17. The molecule has 0 radical (unpaired) electrons. The van der Waals surface area contributed by atoms with Crippen LogP contribution in [-0.4, -0.2) is 37.0 Å². The minimum absolute atomic E-state index is 0.407. The summed E-state index contributed by atoms with van der Waals surface area (Å²) in [7, 11) is 0. The van der Waals surface area contributed by atoms with E-state index in [0.29, 0.717) is 32.1 Å². The lowest BCUT2D eigenvalue weighted by Gasteiger charge is -2.27. The smallest absolute Gasteiger partial charge is 0.213 e. The van der Waals surface area contributed by atoms with Crippen LogP contribution in [0.15, 0.2) is 30.0 Å². The van der Waals surface area contributed by atoms with E-state index in [0.717, 1.165) is 0 Å². The second-order valence-electron chi connectivity index (χ2n) is 2.71. The van der Waals surface area contributed by atoms with Gasteiger partial charge in [-0.15, -0.1) is 0 Å². The molecule has 0 aromatic carbocycles. The van der Waals surface area contributed by atoms with Crippen molar-refractivity contribution in [1.29, 1.82) is 0 Å². The van der Waals surface area contributed by atoms with Crippen LogP contribution in [0.5, 0.6) is 0 Å². The number of aliphatic imine (C=N–C) groups is 6. The highest BCUT2D eigenvalue weighted by Gasteiger charge is 2.33. The van der Waals surface area contributed by atoms with Crippen molar-refractivity contribution in [2.75, 3.05) is 0 Å². The zero-order valence-corrected chi connectivity index (χ0v) is 12.0. The zero-order valence-electron chi connectivity index (χ0n) is 7.26. The van der Waals surface area contributed by atoms with Gasteiger partial charge >= 0.3 is 0 Å². The van der Waals surface area contributed by atoms with E-state index in [9.17, 15) is 0 Å². The minimum atomic E-state index is 0.407. The molecule has 0 atom stereocenters. The first-order valence-electron chi connectivity index (χ1n) is 3.92. The molecule has 0 unspecified atom stereocenters. The fraction of sp³-hybridized carbons (Fsp3) is 0. The predicted octanol–water partition coefficient (Wildman–Crippen LogP) is 1.65. The Bertz CT molecular complexity index is 486. The molecule has 10 heteroatoms. The number of rotatable bonds is 0.